The van der Waals surface area contributed by atoms with E-state index in [0.29, 0.717) is 0 Å². The molecule has 0 amide bonds. The molecule has 0 N–H and O–H groups in total. The van der Waals surface area contributed by atoms with Crippen molar-refractivity contribution in [3.63, 3.8) is 0 Å². The zero-order chi connectivity index (χ0) is 9.99. The Hall–Kier alpha value is 0.394. The molecule has 0 rings (SSSR count). The van der Waals surface area contributed by atoms with E-state index in [2.05, 4.69) is 39.3 Å². The maximum Gasteiger partial charge on any atom is 0.0883 e. The van der Waals surface area contributed by atoms with Crippen molar-refractivity contribution in [2.75, 3.05) is 0 Å². The van der Waals surface area contributed by atoms with Crippen LogP contribution in [0.3, 0.4) is 0 Å². The van der Waals surface area contributed by atoms with E-state index in [4.69, 9.17) is 0 Å². The Morgan fingerprint density at radius 3 is 1.25 bits per heavy atom. The summed E-state index contributed by atoms with van der Waals surface area (Å²) in [5.74, 6) is 0. The Balaban J connectivity index is 3.83. The third kappa shape index (κ3) is 8.49. The molecule has 1 nitrogen and oxygen atoms in total. The largest absolute Gasteiger partial charge is 0.234 e. The van der Waals surface area contributed by atoms with E-state index in [1.54, 1.807) is 0 Å². The molecular formula is C9H23OSi2. The molecule has 0 saturated heterocycles. The summed E-state index contributed by atoms with van der Waals surface area (Å²) in [6, 6.07) is 1.91. The number of rotatable bonds is 4. The molecule has 0 bridgehead atoms. The van der Waals surface area contributed by atoms with Crippen LogP contribution in [0.25, 0.3) is 0 Å². The van der Waals surface area contributed by atoms with Crippen LogP contribution in [0.5, 0.6) is 0 Å². The van der Waals surface area contributed by atoms with Crippen LogP contribution in [0, 0.1) is 0 Å². The molecule has 0 aliphatic rings. The second-order valence-corrected chi connectivity index (χ2v) is 17.2. The van der Waals surface area contributed by atoms with Gasteiger partial charge in [0.1, 0.15) is 0 Å². The van der Waals surface area contributed by atoms with Crippen molar-refractivity contribution in [3.05, 3.63) is 0 Å². The van der Waals surface area contributed by atoms with Crippen molar-refractivity contribution in [2.24, 2.45) is 0 Å². The Kier molecular flexibility index (Phi) is 4.20. The molecule has 0 unspecified atom stereocenters. The quantitative estimate of drug-likeness (QED) is 0.624. The summed E-state index contributed by atoms with van der Waals surface area (Å²) >= 11 is 0. The minimum Gasteiger partial charge on any atom is -0.234 e. The number of hydrogen-bond donors (Lipinski definition) is 0. The monoisotopic (exact) mass is 203 g/mol. The third-order valence-corrected chi connectivity index (χ3v) is 5.04. The average Bonchev–Trinajstić information content (AvgIpc) is 1.49. The Morgan fingerprint density at radius 2 is 1.08 bits per heavy atom. The highest BCUT2D eigenvalue weighted by Crippen LogP contribution is 2.20. The first kappa shape index (κ1) is 12.4. The predicted molar refractivity (Wildman–Crippen MR) is 60.8 cm³/mol. The predicted octanol–water partition coefficient (Wildman–Crippen LogP) is 3.46. The van der Waals surface area contributed by atoms with E-state index in [1.807, 2.05) is 0 Å². The summed E-state index contributed by atoms with van der Waals surface area (Å²) in [6.45, 7) is 13.7. The van der Waals surface area contributed by atoms with Gasteiger partial charge in [0.25, 0.3) is 0 Å². The SMILES string of the molecule is C[Si](C)(C)CC([O])C[Si](C)(C)C. The van der Waals surface area contributed by atoms with Gasteiger partial charge in [0.15, 0.2) is 0 Å². The van der Waals surface area contributed by atoms with Gasteiger partial charge in [-0.1, -0.05) is 39.3 Å². The fraction of sp³-hybridized carbons (Fsp3) is 1.00. The van der Waals surface area contributed by atoms with Gasteiger partial charge in [-0.25, -0.2) is 5.11 Å². The lowest BCUT2D eigenvalue weighted by Crippen LogP contribution is -2.32. The first-order valence-electron chi connectivity index (χ1n) is 4.76. The summed E-state index contributed by atoms with van der Waals surface area (Å²) in [4.78, 5) is 0. The van der Waals surface area contributed by atoms with Gasteiger partial charge >= 0.3 is 0 Å². The third-order valence-electron chi connectivity index (χ3n) is 1.68. The standard InChI is InChI=1S/C9H23OSi2/c1-11(2,3)7-9(10)8-12(4,5)6/h9H,7-8H2,1-6H3. The molecule has 0 atom stereocenters. The van der Waals surface area contributed by atoms with Crippen LogP contribution in [0.4, 0.5) is 0 Å². The molecule has 0 fully saturated rings. The zero-order valence-electron chi connectivity index (χ0n) is 9.40. The van der Waals surface area contributed by atoms with Crippen molar-refractivity contribution in [2.45, 2.75) is 57.5 Å². The fourth-order valence-electron chi connectivity index (χ4n) is 1.44. The molecule has 0 aromatic heterocycles. The number of hydrogen-bond acceptors (Lipinski definition) is 0. The van der Waals surface area contributed by atoms with Gasteiger partial charge in [-0.05, 0) is 12.1 Å². The molecule has 12 heavy (non-hydrogen) atoms. The van der Waals surface area contributed by atoms with E-state index in [0.717, 1.165) is 12.1 Å². The first-order chi connectivity index (χ1) is 5.10. The lowest BCUT2D eigenvalue weighted by Gasteiger charge is -2.23. The van der Waals surface area contributed by atoms with Crippen molar-refractivity contribution in [1.82, 2.24) is 0 Å². The summed E-state index contributed by atoms with van der Waals surface area (Å²) in [5.41, 5.74) is 0. The molecular weight excluding hydrogens is 180 g/mol. The van der Waals surface area contributed by atoms with Gasteiger partial charge in [0, 0.05) is 16.1 Å². The molecule has 0 spiro atoms. The highest BCUT2D eigenvalue weighted by Gasteiger charge is 2.25. The summed E-state index contributed by atoms with van der Waals surface area (Å²) in [7, 11) is -2.22. The summed E-state index contributed by atoms with van der Waals surface area (Å²) in [5, 5.41) is 11.6. The Bertz CT molecular complexity index is 116. The second kappa shape index (κ2) is 4.07. The molecule has 0 saturated carbocycles. The van der Waals surface area contributed by atoms with Crippen LogP contribution in [0.15, 0.2) is 0 Å². The van der Waals surface area contributed by atoms with E-state index >= 15 is 0 Å². The fourth-order valence-corrected chi connectivity index (χ4v) is 4.75. The topological polar surface area (TPSA) is 19.9 Å². The molecule has 1 radical (unpaired) electrons. The molecule has 3 heteroatoms. The smallest absolute Gasteiger partial charge is 0.0883 e. The van der Waals surface area contributed by atoms with Gasteiger partial charge in [0.2, 0.25) is 0 Å². The van der Waals surface area contributed by atoms with Gasteiger partial charge in [-0.2, -0.15) is 0 Å². The maximum atomic E-state index is 11.6. The van der Waals surface area contributed by atoms with Crippen molar-refractivity contribution >= 4 is 16.1 Å². The summed E-state index contributed by atoms with van der Waals surface area (Å²) < 4.78 is 0. The molecule has 0 heterocycles. The average molecular weight is 203 g/mol. The molecule has 73 valence electrons. The van der Waals surface area contributed by atoms with E-state index in [-0.39, 0.29) is 6.10 Å². The second-order valence-electron chi connectivity index (χ2n) is 6.15. The lowest BCUT2D eigenvalue weighted by molar-refractivity contribution is 0.120. The van der Waals surface area contributed by atoms with Gasteiger partial charge in [0.05, 0.1) is 6.10 Å². The van der Waals surface area contributed by atoms with Crippen LogP contribution in [-0.4, -0.2) is 22.3 Å². The van der Waals surface area contributed by atoms with Crippen LogP contribution < -0.4 is 0 Å². The van der Waals surface area contributed by atoms with Crippen LogP contribution >= 0.6 is 0 Å². The van der Waals surface area contributed by atoms with Crippen molar-refractivity contribution < 1.29 is 5.11 Å². The molecule has 0 aliphatic carbocycles. The van der Waals surface area contributed by atoms with E-state index < -0.39 is 16.1 Å². The van der Waals surface area contributed by atoms with Crippen molar-refractivity contribution in [3.8, 4) is 0 Å². The normalized spacial score (nSPS) is 14.0. The Labute approximate surface area is 79.2 Å². The van der Waals surface area contributed by atoms with E-state index in [1.165, 1.54) is 0 Å². The molecule has 0 aromatic rings. The highest BCUT2D eigenvalue weighted by molar-refractivity contribution is 6.77. The van der Waals surface area contributed by atoms with Gasteiger partial charge in [-0.15, -0.1) is 0 Å². The van der Waals surface area contributed by atoms with Gasteiger partial charge < -0.3 is 0 Å². The molecule has 0 aromatic carbocycles. The molecule has 0 aliphatic heterocycles. The van der Waals surface area contributed by atoms with Crippen LogP contribution in [0.1, 0.15) is 0 Å². The zero-order valence-corrected chi connectivity index (χ0v) is 11.4. The minimum atomic E-state index is -1.11. The maximum absolute atomic E-state index is 11.6. The van der Waals surface area contributed by atoms with Crippen LogP contribution in [-0.2, 0) is 5.11 Å². The van der Waals surface area contributed by atoms with E-state index in [9.17, 15) is 5.11 Å². The summed E-state index contributed by atoms with van der Waals surface area (Å²) in [6.07, 6.45) is -0.275. The Morgan fingerprint density at radius 1 is 0.833 bits per heavy atom. The van der Waals surface area contributed by atoms with Gasteiger partial charge in [-0.3, -0.25) is 0 Å². The first-order valence-corrected chi connectivity index (χ1v) is 12.2. The van der Waals surface area contributed by atoms with Crippen LogP contribution in [0.2, 0.25) is 51.4 Å². The van der Waals surface area contributed by atoms with Crippen molar-refractivity contribution in [1.29, 1.82) is 0 Å². The minimum absolute atomic E-state index is 0.275. The highest BCUT2D eigenvalue weighted by atomic mass is 28.3. The lowest BCUT2D eigenvalue weighted by atomic mass is 10.5.